The van der Waals surface area contributed by atoms with Crippen molar-refractivity contribution in [3.63, 3.8) is 0 Å². The van der Waals surface area contributed by atoms with Crippen LogP contribution in [0.25, 0.3) is 0 Å². The Morgan fingerprint density at radius 2 is 1.65 bits per heavy atom. The minimum atomic E-state index is -4.24. The molecule has 0 radical (unpaired) electrons. The monoisotopic (exact) mass is 557 g/mol. The Hall–Kier alpha value is -1.54. The number of aryl methyl sites for hydroxylation is 2. The average molecular weight is 558 g/mol. The topological polar surface area (TPSA) is 142 Å². The van der Waals surface area contributed by atoms with Gasteiger partial charge in [0.25, 0.3) is 0 Å². The number of hydrogen-bond donors (Lipinski definition) is 0. The van der Waals surface area contributed by atoms with Crippen LogP contribution in [-0.4, -0.2) is 63.6 Å². The van der Waals surface area contributed by atoms with Crippen LogP contribution in [-0.2, 0) is 33.1 Å². The van der Waals surface area contributed by atoms with Crippen molar-refractivity contribution in [3.8, 4) is 11.5 Å². The molecule has 194 valence electrons. The first kappa shape index (κ1) is 28.5. The molecule has 37 heavy (non-hydrogen) atoms. The van der Waals surface area contributed by atoms with Crippen molar-refractivity contribution in [3.05, 3.63) is 46.1 Å². The number of hydrogen-bond acceptors (Lipinski definition) is 9. The van der Waals surface area contributed by atoms with E-state index in [0.717, 1.165) is 72.0 Å². The first-order valence-electron chi connectivity index (χ1n) is 12.2. The zero-order chi connectivity index (χ0) is 25.5. The smallest absolute Gasteiger partial charge is 0.748 e. The van der Waals surface area contributed by atoms with Gasteiger partial charge in [-0.3, -0.25) is 0 Å². The van der Waals surface area contributed by atoms with Crippen molar-refractivity contribution in [2.75, 3.05) is 42.6 Å². The largest absolute Gasteiger partial charge is 1.00 e. The minimum Gasteiger partial charge on any atom is -0.748 e. The molecular formula is C24H28N3NaO7S2. The summed E-state index contributed by atoms with van der Waals surface area (Å²) in [5.41, 5.74) is 3.97. The van der Waals surface area contributed by atoms with Crippen molar-refractivity contribution in [2.24, 2.45) is 4.99 Å². The van der Waals surface area contributed by atoms with E-state index in [1.54, 1.807) is 0 Å². The Balaban J connectivity index is 0.00000320. The predicted molar refractivity (Wildman–Crippen MR) is 132 cm³/mol. The summed E-state index contributed by atoms with van der Waals surface area (Å²) in [7, 11) is -8.48. The van der Waals surface area contributed by atoms with E-state index in [4.69, 9.17) is 9.73 Å². The van der Waals surface area contributed by atoms with E-state index in [9.17, 15) is 25.9 Å². The van der Waals surface area contributed by atoms with E-state index in [1.165, 1.54) is 0 Å². The molecule has 10 nitrogen and oxygen atoms in total. The number of rotatable bonds is 8. The predicted octanol–water partition coefficient (Wildman–Crippen LogP) is -2.19. The molecule has 2 aromatic carbocycles. The minimum absolute atomic E-state index is 0. The Morgan fingerprint density at radius 1 is 0.919 bits per heavy atom. The zero-order valence-corrected chi connectivity index (χ0v) is 24.4. The van der Waals surface area contributed by atoms with Crippen LogP contribution in [0.2, 0.25) is 0 Å². The molecule has 0 aliphatic carbocycles. The van der Waals surface area contributed by atoms with Gasteiger partial charge >= 0.3 is 29.6 Å². The Bertz CT molecular complexity index is 1540. The Labute approximate surface area is 238 Å². The maximum Gasteiger partial charge on any atom is 1.00 e. The first-order valence-corrected chi connectivity index (χ1v) is 15.3. The van der Waals surface area contributed by atoms with Gasteiger partial charge in [-0.1, -0.05) is 0 Å². The van der Waals surface area contributed by atoms with Crippen LogP contribution < -0.4 is 54.5 Å². The first-order chi connectivity index (χ1) is 17.1. The molecule has 2 aromatic rings. The molecule has 13 heteroatoms. The SMILES string of the molecule is O=S(=O)([O-])CCCN1CCCc2cc3c(cc21)Oc1cc2c(cc1=N3)CCC[N+]=2CCCS(=O)(=O)[O-].[Na+]. The van der Waals surface area contributed by atoms with E-state index in [2.05, 4.69) is 9.48 Å². The second kappa shape index (κ2) is 11.3. The average Bonchev–Trinajstić information content (AvgIpc) is 2.79. The third kappa shape index (κ3) is 6.92. The summed E-state index contributed by atoms with van der Waals surface area (Å²) < 4.78 is 74.4. The van der Waals surface area contributed by atoms with Crippen LogP contribution in [0, 0.1) is 0 Å². The summed E-state index contributed by atoms with van der Waals surface area (Å²) in [5.74, 6) is 0.463. The quantitative estimate of drug-likeness (QED) is 0.173. The summed E-state index contributed by atoms with van der Waals surface area (Å²) in [6.07, 6.45) is 4.19. The van der Waals surface area contributed by atoms with Crippen molar-refractivity contribution >= 4 is 31.6 Å². The van der Waals surface area contributed by atoms with Crippen LogP contribution in [0.4, 0.5) is 11.4 Å². The number of anilines is 1. The van der Waals surface area contributed by atoms with E-state index in [1.807, 2.05) is 24.3 Å². The van der Waals surface area contributed by atoms with Gasteiger partial charge in [0.1, 0.15) is 24.1 Å². The molecule has 3 aliphatic rings. The second-order valence-electron chi connectivity index (χ2n) is 9.52. The van der Waals surface area contributed by atoms with E-state index < -0.39 is 20.2 Å². The number of benzene rings is 2. The van der Waals surface area contributed by atoms with Gasteiger partial charge in [-0.15, -0.1) is 0 Å². The van der Waals surface area contributed by atoms with Crippen LogP contribution >= 0.6 is 0 Å². The van der Waals surface area contributed by atoms with Crippen molar-refractivity contribution in [1.82, 2.24) is 4.58 Å². The Kier molecular flexibility index (Phi) is 8.69. The molecular weight excluding hydrogens is 529 g/mol. The van der Waals surface area contributed by atoms with Gasteiger partial charge in [-0.2, -0.15) is 0 Å². The standard InChI is InChI=1S/C24H29N3O7S2.Na/c28-35(29,30)11-3-9-26-7-1-5-17-13-19-23(15-21(17)26)34-24-16-22-18(14-20(24)25-19)6-2-8-27(22)10-4-12-36(31,32)33;/h13-16H,1-12H2,(H-,28,29,30,31,32,33);/q;+1/p-1. The molecule has 5 rings (SSSR count). The van der Waals surface area contributed by atoms with Gasteiger partial charge in [-0.05, 0) is 43.4 Å². The molecule has 0 amide bonds. The maximum absolute atomic E-state index is 11.0. The molecule has 0 spiro atoms. The van der Waals surface area contributed by atoms with Gasteiger partial charge in [-0.25, -0.2) is 26.4 Å². The zero-order valence-electron chi connectivity index (χ0n) is 20.8. The van der Waals surface area contributed by atoms with Crippen LogP contribution in [0.5, 0.6) is 11.5 Å². The third-order valence-corrected chi connectivity index (χ3v) is 8.43. The van der Waals surface area contributed by atoms with E-state index >= 15 is 0 Å². The number of fused-ring (bicyclic) bond motifs is 4. The fraction of sp³-hybridized carbons (Fsp3) is 0.500. The molecule has 0 saturated heterocycles. The van der Waals surface area contributed by atoms with Crippen molar-refractivity contribution in [2.45, 2.75) is 38.5 Å². The van der Waals surface area contributed by atoms with Crippen LogP contribution in [0.15, 0.2) is 29.3 Å². The number of ether oxygens (including phenoxy) is 1. The molecule has 3 heterocycles. The Morgan fingerprint density at radius 3 is 2.41 bits per heavy atom. The summed E-state index contributed by atoms with van der Waals surface area (Å²) >= 11 is 0. The van der Waals surface area contributed by atoms with Crippen LogP contribution in [0.3, 0.4) is 0 Å². The van der Waals surface area contributed by atoms with Gasteiger partial charge in [0.05, 0.1) is 26.3 Å². The van der Waals surface area contributed by atoms with E-state index in [-0.39, 0.29) is 53.9 Å². The fourth-order valence-corrected chi connectivity index (χ4v) is 6.23. The molecule has 0 bridgehead atoms. The molecule has 0 N–H and O–H groups in total. The number of nitrogens with zero attached hydrogens (tertiary/aromatic N) is 3. The molecule has 0 aromatic heterocycles. The maximum atomic E-state index is 11.0. The van der Waals surface area contributed by atoms with Gasteiger partial charge in [0, 0.05) is 54.8 Å². The summed E-state index contributed by atoms with van der Waals surface area (Å²) in [5, 5.41) is 1.72. The third-order valence-electron chi connectivity index (χ3n) is 6.86. The summed E-state index contributed by atoms with van der Waals surface area (Å²) in [6, 6.07) is 7.94. The molecule has 0 unspecified atom stereocenters. The van der Waals surface area contributed by atoms with Crippen molar-refractivity contribution < 1.29 is 60.2 Å². The normalized spacial score (nSPS) is 16.4. The molecule has 3 aliphatic heterocycles. The molecule has 0 fully saturated rings. The second-order valence-corrected chi connectivity index (χ2v) is 12.6. The van der Waals surface area contributed by atoms with Gasteiger partial charge in [0.15, 0.2) is 11.5 Å². The van der Waals surface area contributed by atoms with Gasteiger partial charge < -0.3 is 18.7 Å². The van der Waals surface area contributed by atoms with Gasteiger partial charge in [0.2, 0.25) is 5.36 Å². The van der Waals surface area contributed by atoms with Crippen LogP contribution in [0.1, 0.15) is 36.8 Å². The molecule has 0 atom stereocenters. The van der Waals surface area contributed by atoms with E-state index in [0.29, 0.717) is 24.6 Å². The fourth-order valence-electron chi connectivity index (χ4n) is 5.27. The molecule has 0 saturated carbocycles. The van der Waals surface area contributed by atoms with Crippen molar-refractivity contribution in [1.29, 1.82) is 0 Å². The summed E-state index contributed by atoms with van der Waals surface area (Å²) in [4.78, 5) is 6.96. The summed E-state index contributed by atoms with van der Waals surface area (Å²) in [6.45, 7) is 2.50.